The zero-order valence-electron chi connectivity index (χ0n) is 19.1. The van der Waals surface area contributed by atoms with Gasteiger partial charge in [-0.05, 0) is 56.5 Å². The average molecular weight is 519 g/mol. The molecule has 2 fully saturated rings. The molecule has 34 heavy (non-hydrogen) atoms. The van der Waals surface area contributed by atoms with Gasteiger partial charge in [0.25, 0.3) is 0 Å². The number of likely N-dealkylation sites (N-methyl/N-ethyl adjacent to an activating group) is 1. The van der Waals surface area contributed by atoms with E-state index < -0.39 is 24.1 Å². The number of amides is 1. The van der Waals surface area contributed by atoms with E-state index in [0.29, 0.717) is 28.5 Å². The minimum atomic E-state index is -2.27. The van der Waals surface area contributed by atoms with Gasteiger partial charge in [-0.15, -0.1) is 0 Å². The molecule has 190 valence electrons. The van der Waals surface area contributed by atoms with Crippen LogP contribution in [0.1, 0.15) is 44.1 Å². The molecule has 1 saturated carbocycles. The highest BCUT2D eigenvalue weighted by Crippen LogP contribution is 2.30. The van der Waals surface area contributed by atoms with E-state index in [1.54, 1.807) is 12.1 Å². The first-order valence-corrected chi connectivity index (χ1v) is 12.0. The van der Waals surface area contributed by atoms with Gasteiger partial charge in [-0.1, -0.05) is 42.1 Å². The lowest BCUT2D eigenvalue weighted by Crippen LogP contribution is -2.53. The average Bonchev–Trinajstić information content (AvgIpc) is 3.35. The van der Waals surface area contributed by atoms with Crippen LogP contribution in [0.4, 0.5) is 0 Å². The molecule has 1 aliphatic heterocycles. The summed E-state index contributed by atoms with van der Waals surface area (Å²) >= 11 is 12.0. The van der Waals surface area contributed by atoms with Crippen molar-refractivity contribution < 1.29 is 34.8 Å². The minimum Gasteiger partial charge on any atom is -0.479 e. The van der Waals surface area contributed by atoms with Gasteiger partial charge in [0.05, 0.1) is 16.5 Å². The highest BCUT2D eigenvalue weighted by atomic mass is 35.5. The summed E-state index contributed by atoms with van der Waals surface area (Å²) in [5.74, 6) is -3.37. The molecule has 2 aliphatic rings. The highest BCUT2D eigenvalue weighted by Gasteiger charge is 2.35. The predicted molar refractivity (Wildman–Crippen MR) is 127 cm³/mol. The summed E-state index contributed by atoms with van der Waals surface area (Å²) in [6.45, 7) is 2.38. The number of aliphatic hydroxyl groups is 2. The third-order valence-corrected chi connectivity index (χ3v) is 7.08. The lowest BCUT2D eigenvalue weighted by molar-refractivity contribution is -0.165. The number of carboxylic acids is 2. The Morgan fingerprint density at radius 1 is 0.971 bits per heavy atom. The van der Waals surface area contributed by atoms with Crippen molar-refractivity contribution in [3.8, 4) is 0 Å². The van der Waals surface area contributed by atoms with E-state index in [1.165, 1.54) is 45.2 Å². The molecular formula is C23H32Cl2N2O7. The number of benzene rings is 1. The van der Waals surface area contributed by atoms with Crippen molar-refractivity contribution in [1.82, 2.24) is 9.80 Å². The number of aliphatic hydroxyl groups excluding tert-OH is 2. The molecule has 1 heterocycles. The number of nitrogens with zero attached hydrogens (tertiary/aromatic N) is 2. The Bertz CT molecular complexity index is 846. The maximum atomic E-state index is 12.8. The lowest BCUT2D eigenvalue weighted by Gasteiger charge is -2.42. The molecule has 11 heteroatoms. The van der Waals surface area contributed by atoms with Crippen LogP contribution in [-0.2, 0) is 20.8 Å². The Labute approximate surface area is 208 Å². The second-order valence-corrected chi connectivity index (χ2v) is 9.47. The molecule has 1 aromatic carbocycles. The van der Waals surface area contributed by atoms with Gasteiger partial charge in [0.15, 0.2) is 12.2 Å². The maximum absolute atomic E-state index is 12.8. The Hall–Kier alpha value is -1.91. The fraction of sp³-hybridized carbons (Fsp3) is 0.609. The molecule has 1 aliphatic carbocycles. The van der Waals surface area contributed by atoms with Gasteiger partial charge in [-0.2, -0.15) is 0 Å². The van der Waals surface area contributed by atoms with E-state index >= 15 is 0 Å². The van der Waals surface area contributed by atoms with E-state index in [2.05, 4.69) is 4.90 Å². The van der Waals surface area contributed by atoms with Crippen molar-refractivity contribution in [2.75, 3.05) is 20.1 Å². The summed E-state index contributed by atoms with van der Waals surface area (Å²) in [6, 6.07) is 6.32. The minimum absolute atomic E-state index is 0.171. The van der Waals surface area contributed by atoms with Gasteiger partial charge in [-0.3, -0.25) is 9.69 Å². The summed E-state index contributed by atoms with van der Waals surface area (Å²) in [7, 11) is 1.97. The third-order valence-electron chi connectivity index (χ3n) is 6.34. The first-order valence-electron chi connectivity index (χ1n) is 11.3. The van der Waals surface area contributed by atoms with Crippen LogP contribution in [0.5, 0.6) is 0 Å². The van der Waals surface area contributed by atoms with E-state index in [-0.39, 0.29) is 5.91 Å². The van der Waals surface area contributed by atoms with Crippen LogP contribution in [0.25, 0.3) is 0 Å². The standard InChI is InChI=1S/C19H26Cl2N2O.C4H6O6/c1-22(19(24)13-14-8-9-15(20)16(21)12-14)17-6-2-3-7-18(17)23-10-4-5-11-23;5-1(3(7)8)2(6)4(9)10/h8-9,12,17-18H,2-7,10-11,13H2,1H3;1-2,5-6H,(H,7,8)(H,9,10)/t17-,18+;/m1./s1. The topological polar surface area (TPSA) is 139 Å². The fourth-order valence-corrected chi connectivity index (χ4v) is 4.77. The molecule has 1 amide bonds. The SMILES string of the molecule is CN(C(=O)Cc1ccc(Cl)c(Cl)c1)[C@@H]1CCCC[C@@H]1N1CCCC1.O=C(O)C(O)C(O)C(=O)O. The van der Waals surface area contributed by atoms with Crippen LogP contribution in [0.3, 0.4) is 0 Å². The number of rotatable bonds is 7. The molecule has 0 spiro atoms. The number of aliphatic carboxylic acids is 2. The van der Waals surface area contributed by atoms with Crippen LogP contribution in [-0.4, -0.2) is 92.5 Å². The van der Waals surface area contributed by atoms with Crippen molar-refractivity contribution in [3.63, 3.8) is 0 Å². The zero-order chi connectivity index (χ0) is 25.4. The Morgan fingerprint density at radius 3 is 2.06 bits per heavy atom. The first kappa shape index (κ1) is 28.3. The number of hydrogen-bond donors (Lipinski definition) is 4. The largest absolute Gasteiger partial charge is 0.479 e. The lowest BCUT2D eigenvalue weighted by atomic mass is 9.88. The highest BCUT2D eigenvalue weighted by molar-refractivity contribution is 6.42. The number of halogens is 2. The zero-order valence-corrected chi connectivity index (χ0v) is 20.6. The number of carbonyl (C=O) groups excluding carboxylic acids is 1. The molecule has 1 saturated heterocycles. The molecule has 4 N–H and O–H groups in total. The van der Waals surface area contributed by atoms with E-state index in [9.17, 15) is 14.4 Å². The van der Waals surface area contributed by atoms with Crippen LogP contribution < -0.4 is 0 Å². The molecule has 1 aromatic rings. The van der Waals surface area contributed by atoms with Crippen LogP contribution in [0.15, 0.2) is 18.2 Å². The second kappa shape index (κ2) is 13.3. The summed E-state index contributed by atoms with van der Waals surface area (Å²) in [4.78, 5) is 36.9. The quantitative estimate of drug-likeness (QED) is 0.431. The summed E-state index contributed by atoms with van der Waals surface area (Å²) in [5, 5.41) is 33.6. The molecular weight excluding hydrogens is 487 g/mol. The van der Waals surface area contributed by atoms with Gasteiger partial charge in [0.2, 0.25) is 5.91 Å². The predicted octanol–water partition coefficient (Wildman–Crippen LogP) is 2.28. The summed E-state index contributed by atoms with van der Waals surface area (Å²) in [6.07, 6.45) is 3.28. The van der Waals surface area contributed by atoms with Crippen LogP contribution in [0, 0.1) is 0 Å². The molecule has 4 atom stereocenters. The number of likely N-dealkylation sites (tertiary alicyclic amines) is 1. The van der Waals surface area contributed by atoms with E-state index in [1.807, 2.05) is 18.0 Å². The van der Waals surface area contributed by atoms with Crippen molar-refractivity contribution in [1.29, 1.82) is 0 Å². The molecule has 0 bridgehead atoms. The second-order valence-electron chi connectivity index (χ2n) is 8.66. The van der Waals surface area contributed by atoms with Crippen molar-refractivity contribution in [2.24, 2.45) is 0 Å². The number of hydrogen-bond acceptors (Lipinski definition) is 6. The summed E-state index contributed by atoms with van der Waals surface area (Å²) < 4.78 is 0. The first-order chi connectivity index (χ1) is 16.0. The fourth-order valence-electron chi connectivity index (χ4n) is 4.45. The molecule has 9 nitrogen and oxygen atoms in total. The number of carbonyl (C=O) groups is 3. The molecule has 3 rings (SSSR count). The van der Waals surface area contributed by atoms with Gasteiger partial charge in [0.1, 0.15) is 0 Å². The van der Waals surface area contributed by atoms with Gasteiger partial charge in [-0.25, -0.2) is 9.59 Å². The van der Waals surface area contributed by atoms with E-state index in [0.717, 1.165) is 12.0 Å². The normalized spacial score (nSPS) is 22.3. The Kier molecular flexibility index (Phi) is 11.0. The van der Waals surface area contributed by atoms with Crippen molar-refractivity contribution >= 4 is 41.0 Å². The van der Waals surface area contributed by atoms with Crippen LogP contribution in [0.2, 0.25) is 10.0 Å². The third kappa shape index (κ3) is 7.81. The van der Waals surface area contributed by atoms with Crippen molar-refractivity contribution in [3.05, 3.63) is 33.8 Å². The molecule has 2 unspecified atom stereocenters. The van der Waals surface area contributed by atoms with Gasteiger partial charge >= 0.3 is 11.9 Å². The summed E-state index contributed by atoms with van der Waals surface area (Å²) in [5.41, 5.74) is 0.926. The maximum Gasteiger partial charge on any atom is 0.335 e. The van der Waals surface area contributed by atoms with Crippen molar-refractivity contribution in [2.45, 2.75) is 69.2 Å². The monoisotopic (exact) mass is 518 g/mol. The molecule has 0 aromatic heterocycles. The van der Waals surface area contributed by atoms with Gasteiger partial charge in [0, 0.05) is 19.1 Å². The Balaban J connectivity index is 0.000000347. The smallest absolute Gasteiger partial charge is 0.335 e. The number of carboxylic acid groups (broad SMARTS) is 2. The Morgan fingerprint density at radius 2 is 1.53 bits per heavy atom. The van der Waals surface area contributed by atoms with E-state index in [4.69, 9.17) is 43.6 Å². The van der Waals surface area contributed by atoms with Gasteiger partial charge < -0.3 is 25.3 Å². The van der Waals surface area contributed by atoms with Crippen LogP contribution >= 0.6 is 23.2 Å². The molecule has 0 radical (unpaired) electrons.